The minimum Gasteiger partial charge on any atom is -0.475 e. The first-order chi connectivity index (χ1) is 14.8. The van der Waals surface area contributed by atoms with Crippen molar-refractivity contribution < 1.29 is 22.7 Å². The van der Waals surface area contributed by atoms with Gasteiger partial charge in [0, 0.05) is 12.3 Å². The zero-order chi connectivity index (χ0) is 22.2. The fourth-order valence-electron chi connectivity index (χ4n) is 3.06. The van der Waals surface area contributed by atoms with Crippen LogP contribution in [0.1, 0.15) is 27.3 Å². The molecule has 0 aliphatic carbocycles. The van der Waals surface area contributed by atoms with E-state index in [0.29, 0.717) is 41.9 Å². The number of ether oxygens (including phenoxy) is 1. The van der Waals surface area contributed by atoms with Gasteiger partial charge in [-0.1, -0.05) is 23.7 Å². The van der Waals surface area contributed by atoms with Crippen molar-refractivity contribution >= 4 is 29.1 Å². The number of para-hydroxylation sites is 1. The highest BCUT2D eigenvalue weighted by atomic mass is 35.5. The maximum absolute atomic E-state index is 13.3. The SMILES string of the molecule is Cc1cccc(C2=NCCO2)c1NC(=O)c1cc(C(F)(F)F)nn1-c1ncccc1Cl. The van der Waals surface area contributed by atoms with Crippen LogP contribution in [0, 0.1) is 6.92 Å². The number of amides is 1. The molecule has 4 rings (SSSR count). The van der Waals surface area contributed by atoms with Crippen molar-refractivity contribution in [1.29, 1.82) is 0 Å². The Morgan fingerprint density at radius 1 is 1.26 bits per heavy atom. The Kier molecular flexibility index (Phi) is 5.40. The molecule has 3 aromatic rings. The zero-order valence-electron chi connectivity index (χ0n) is 16.1. The summed E-state index contributed by atoms with van der Waals surface area (Å²) in [6.45, 7) is 2.65. The number of rotatable bonds is 4. The van der Waals surface area contributed by atoms with Crippen molar-refractivity contribution in [3.05, 3.63) is 70.1 Å². The fourth-order valence-corrected chi connectivity index (χ4v) is 3.27. The Balaban J connectivity index is 1.78. The van der Waals surface area contributed by atoms with Crippen LogP contribution in [0.3, 0.4) is 0 Å². The van der Waals surface area contributed by atoms with Crippen LogP contribution in [0.4, 0.5) is 18.9 Å². The quantitative estimate of drug-likeness (QED) is 0.644. The van der Waals surface area contributed by atoms with E-state index in [1.54, 1.807) is 25.1 Å². The summed E-state index contributed by atoms with van der Waals surface area (Å²) < 4.78 is 46.2. The summed E-state index contributed by atoms with van der Waals surface area (Å²) in [5.41, 5.74) is -0.0308. The van der Waals surface area contributed by atoms with Gasteiger partial charge >= 0.3 is 6.18 Å². The van der Waals surface area contributed by atoms with E-state index < -0.39 is 17.8 Å². The summed E-state index contributed by atoms with van der Waals surface area (Å²) in [5, 5.41) is 6.24. The van der Waals surface area contributed by atoms with Crippen molar-refractivity contribution in [2.24, 2.45) is 4.99 Å². The lowest BCUT2D eigenvalue weighted by Gasteiger charge is -2.14. The molecule has 1 aliphatic heterocycles. The lowest BCUT2D eigenvalue weighted by Crippen LogP contribution is -2.20. The smallest absolute Gasteiger partial charge is 0.435 e. The maximum Gasteiger partial charge on any atom is 0.435 e. The Morgan fingerprint density at radius 2 is 2.06 bits per heavy atom. The minimum absolute atomic E-state index is 0.0404. The highest BCUT2D eigenvalue weighted by molar-refractivity contribution is 6.32. The van der Waals surface area contributed by atoms with Gasteiger partial charge in [-0.25, -0.2) is 14.7 Å². The third-order valence-corrected chi connectivity index (χ3v) is 4.79. The average molecular weight is 450 g/mol. The number of aliphatic imine (C=N–C) groups is 1. The zero-order valence-corrected chi connectivity index (χ0v) is 16.8. The number of carbonyl (C=O) groups is 1. The third-order valence-electron chi connectivity index (χ3n) is 4.50. The Bertz CT molecular complexity index is 1190. The van der Waals surface area contributed by atoms with Crippen LogP contribution in [0.5, 0.6) is 0 Å². The molecule has 7 nitrogen and oxygen atoms in total. The van der Waals surface area contributed by atoms with Gasteiger partial charge in [-0.3, -0.25) is 4.79 Å². The van der Waals surface area contributed by atoms with E-state index in [4.69, 9.17) is 16.3 Å². The molecule has 1 N–H and O–H groups in total. The average Bonchev–Trinajstić information content (AvgIpc) is 3.39. The summed E-state index contributed by atoms with van der Waals surface area (Å²) in [7, 11) is 0. The number of pyridine rings is 1. The van der Waals surface area contributed by atoms with Gasteiger partial charge in [-0.2, -0.15) is 18.3 Å². The van der Waals surface area contributed by atoms with Gasteiger partial charge in [0.2, 0.25) is 5.90 Å². The molecule has 0 spiro atoms. The second-order valence-electron chi connectivity index (χ2n) is 6.62. The second kappa shape index (κ2) is 8.03. The number of hydrogen-bond acceptors (Lipinski definition) is 5. The number of aryl methyl sites for hydroxylation is 1. The summed E-state index contributed by atoms with van der Waals surface area (Å²) in [6, 6.07) is 8.84. The normalized spacial score (nSPS) is 13.6. The second-order valence-corrected chi connectivity index (χ2v) is 7.03. The van der Waals surface area contributed by atoms with E-state index in [0.717, 1.165) is 4.68 Å². The number of nitrogens with zero attached hydrogens (tertiary/aromatic N) is 4. The van der Waals surface area contributed by atoms with Gasteiger partial charge in [0.05, 0.1) is 22.8 Å². The van der Waals surface area contributed by atoms with Crippen LogP contribution in [-0.4, -0.2) is 39.7 Å². The molecule has 0 radical (unpaired) electrons. The van der Waals surface area contributed by atoms with Gasteiger partial charge in [0.25, 0.3) is 5.91 Å². The number of halogens is 4. The largest absolute Gasteiger partial charge is 0.475 e. The summed E-state index contributed by atoms with van der Waals surface area (Å²) in [4.78, 5) is 21.3. The number of nitrogens with one attached hydrogen (secondary N) is 1. The predicted octanol–water partition coefficient (Wildman–Crippen LogP) is 4.28. The molecule has 0 bridgehead atoms. The van der Waals surface area contributed by atoms with E-state index in [1.165, 1.54) is 18.3 Å². The van der Waals surface area contributed by atoms with Gasteiger partial charge in [0.1, 0.15) is 12.3 Å². The van der Waals surface area contributed by atoms with Crippen LogP contribution < -0.4 is 5.32 Å². The molecule has 1 aromatic carbocycles. The first kappa shape index (κ1) is 20.9. The lowest BCUT2D eigenvalue weighted by molar-refractivity contribution is -0.141. The number of hydrogen-bond donors (Lipinski definition) is 1. The van der Waals surface area contributed by atoms with Crippen molar-refractivity contribution in [1.82, 2.24) is 14.8 Å². The van der Waals surface area contributed by atoms with E-state index in [-0.39, 0.29) is 16.5 Å². The van der Waals surface area contributed by atoms with Crippen molar-refractivity contribution in [3.63, 3.8) is 0 Å². The molecule has 2 aromatic heterocycles. The van der Waals surface area contributed by atoms with Gasteiger partial charge in [0.15, 0.2) is 11.5 Å². The number of carbonyl (C=O) groups excluding carboxylic acids is 1. The maximum atomic E-state index is 13.3. The van der Waals surface area contributed by atoms with Crippen LogP contribution in [0.2, 0.25) is 5.02 Å². The number of anilines is 1. The monoisotopic (exact) mass is 449 g/mol. The fraction of sp³-hybridized carbons (Fsp3) is 0.200. The molecule has 3 heterocycles. The van der Waals surface area contributed by atoms with E-state index in [9.17, 15) is 18.0 Å². The molecule has 11 heteroatoms. The molecule has 31 heavy (non-hydrogen) atoms. The topological polar surface area (TPSA) is 81.4 Å². The van der Waals surface area contributed by atoms with E-state index >= 15 is 0 Å². The van der Waals surface area contributed by atoms with Crippen molar-refractivity contribution in [2.45, 2.75) is 13.1 Å². The third kappa shape index (κ3) is 4.11. The molecule has 0 fully saturated rings. The molecule has 0 unspecified atom stereocenters. The Labute approximate surface area is 179 Å². The number of alkyl halides is 3. The van der Waals surface area contributed by atoms with Gasteiger partial charge in [-0.15, -0.1) is 0 Å². The van der Waals surface area contributed by atoms with Gasteiger partial charge in [-0.05, 0) is 30.7 Å². The highest BCUT2D eigenvalue weighted by Crippen LogP contribution is 2.31. The molecule has 160 valence electrons. The van der Waals surface area contributed by atoms with Crippen molar-refractivity contribution in [2.75, 3.05) is 18.5 Å². The summed E-state index contributed by atoms with van der Waals surface area (Å²) in [5.74, 6) is -0.562. The Morgan fingerprint density at radius 3 is 2.74 bits per heavy atom. The number of aromatic nitrogens is 3. The molecular formula is C20H15ClF3N5O2. The first-order valence-electron chi connectivity index (χ1n) is 9.12. The summed E-state index contributed by atoms with van der Waals surface area (Å²) >= 11 is 6.09. The minimum atomic E-state index is -4.76. The molecule has 0 saturated carbocycles. The molecule has 1 aliphatic rings. The van der Waals surface area contributed by atoms with Gasteiger partial charge < -0.3 is 10.1 Å². The standard InChI is InChI=1S/C20H15ClF3N5O2/c1-11-4-2-5-12(19-26-8-9-31-19)16(11)27-18(30)14-10-15(20(22,23)24)28-29(14)17-13(21)6-3-7-25-17/h2-7,10H,8-9H2,1H3,(H,27,30). The first-order valence-corrected chi connectivity index (χ1v) is 9.50. The Hall–Kier alpha value is -3.40. The molecular weight excluding hydrogens is 435 g/mol. The molecule has 0 saturated heterocycles. The van der Waals surface area contributed by atoms with Crippen LogP contribution >= 0.6 is 11.6 Å². The highest BCUT2D eigenvalue weighted by Gasteiger charge is 2.36. The molecule has 0 atom stereocenters. The van der Waals surface area contributed by atoms with Crippen LogP contribution in [0.25, 0.3) is 5.82 Å². The van der Waals surface area contributed by atoms with Crippen LogP contribution in [0.15, 0.2) is 47.6 Å². The molecule has 1 amide bonds. The van der Waals surface area contributed by atoms with Crippen LogP contribution in [-0.2, 0) is 10.9 Å². The van der Waals surface area contributed by atoms with E-state index in [1.807, 2.05) is 0 Å². The van der Waals surface area contributed by atoms with Crippen molar-refractivity contribution in [3.8, 4) is 5.82 Å². The van der Waals surface area contributed by atoms with E-state index in [2.05, 4.69) is 20.4 Å². The summed E-state index contributed by atoms with van der Waals surface area (Å²) in [6.07, 6.45) is -3.42. The lowest BCUT2D eigenvalue weighted by atomic mass is 10.1. The number of benzene rings is 1. The predicted molar refractivity (Wildman–Crippen MR) is 108 cm³/mol.